The van der Waals surface area contributed by atoms with Crippen molar-refractivity contribution in [2.24, 2.45) is 0 Å². The molecular formula is C17H14ClF2NO2. The smallest absolute Gasteiger partial charge is 0.260 e. The van der Waals surface area contributed by atoms with Gasteiger partial charge >= 0.3 is 0 Å². The van der Waals surface area contributed by atoms with Gasteiger partial charge in [0.05, 0.1) is 13.2 Å². The molecule has 3 rings (SSSR count). The van der Waals surface area contributed by atoms with Crippen molar-refractivity contribution in [1.82, 2.24) is 4.90 Å². The Morgan fingerprint density at radius 3 is 2.43 bits per heavy atom. The molecule has 0 aromatic heterocycles. The van der Waals surface area contributed by atoms with Gasteiger partial charge < -0.3 is 9.64 Å². The van der Waals surface area contributed by atoms with E-state index >= 15 is 0 Å². The number of nitrogens with zero attached hydrogens (tertiary/aromatic N) is 1. The second-order valence-corrected chi connectivity index (χ2v) is 5.70. The minimum absolute atomic E-state index is 0.230. The largest absolute Gasteiger partial charge is 0.370 e. The third-order valence-electron chi connectivity index (χ3n) is 3.77. The van der Waals surface area contributed by atoms with Gasteiger partial charge in [-0.05, 0) is 29.8 Å². The molecular weight excluding hydrogens is 324 g/mol. The van der Waals surface area contributed by atoms with E-state index in [0.717, 1.165) is 17.7 Å². The number of rotatable bonds is 2. The summed E-state index contributed by atoms with van der Waals surface area (Å²) in [5.41, 5.74) is 0.338. The second-order valence-electron chi connectivity index (χ2n) is 5.26. The molecule has 0 bridgehead atoms. The Morgan fingerprint density at radius 2 is 1.78 bits per heavy atom. The number of carbonyl (C=O) groups excluding carboxylic acids is 1. The van der Waals surface area contributed by atoms with Crippen LogP contribution in [0.15, 0.2) is 42.5 Å². The molecule has 1 aliphatic heterocycles. The Bertz CT molecular complexity index is 701. The zero-order chi connectivity index (χ0) is 16.4. The van der Waals surface area contributed by atoms with Crippen LogP contribution < -0.4 is 0 Å². The highest BCUT2D eigenvalue weighted by Crippen LogP contribution is 2.25. The van der Waals surface area contributed by atoms with Crippen molar-refractivity contribution in [1.29, 1.82) is 0 Å². The molecule has 1 saturated heterocycles. The lowest BCUT2D eigenvalue weighted by atomic mass is 10.1. The van der Waals surface area contributed by atoms with Crippen LogP contribution in [0.3, 0.4) is 0 Å². The monoisotopic (exact) mass is 337 g/mol. The molecule has 1 amide bonds. The summed E-state index contributed by atoms with van der Waals surface area (Å²) < 4.78 is 33.2. The number of halogens is 3. The van der Waals surface area contributed by atoms with E-state index in [0.29, 0.717) is 11.6 Å². The van der Waals surface area contributed by atoms with Gasteiger partial charge in [-0.3, -0.25) is 4.79 Å². The Labute approximate surface area is 137 Å². The molecule has 6 heteroatoms. The molecule has 0 unspecified atom stereocenters. The highest BCUT2D eigenvalue weighted by atomic mass is 35.5. The van der Waals surface area contributed by atoms with Crippen LogP contribution in [-0.2, 0) is 4.74 Å². The van der Waals surface area contributed by atoms with Crippen LogP contribution >= 0.6 is 11.6 Å². The molecule has 2 aromatic carbocycles. The highest BCUT2D eigenvalue weighted by molar-refractivity contribution is 6.30. The van der Waals surface area contributed by atoms with E-state index < -0.39 is 23.1 Å². The molecule has 1 atom stereocenters. The van der Waals surface area contributed by atoms with Crippen molar-refractivity contribution in [3.8, 4) is 0 Å². The highest BCUT2D eigenvalue weighted by Gasteiger charge is 2.29. The maximum Gasteiger partial charge on any atom is 0.260 e. The quantitative estimate of drug-likeness (QED) is 0.833. The van der Waals surface area contributed by atoms with Crippen molar-refractivity contribution in [3.05, 3.63) is 70.2 Å². The van der Waals surface area contributed by atoms with Gasteiger partial charge in [0, 0.05) is 11.6 Å². The van der Waals surface area contributed by atoms with Gasteiger partial charge in [0.2, 0.25) is 0 Å². The lowest BCUT2D eigenvalue weighted by Gasteiger charge is -2.33. The molecule has 23 heavy (non-hydrogen) atoms. The predicted molar refractivity (Wildman–Crippen MR) is 82.4 cm³/mol. The average molecular weight is 338 g/mol. The number of amides is 1. The van der Waals surface area contributed by atoms with Gasteiger partial charge in [-0.15, -0.1) is 0 Å². The zero-order valence-corrected chi connectivity index (χ0v) is 12.9. The standard InChI is InChI=1S/C17H14ClF2NO2/c18-12-6-4-11(5-7-12)15-10-21(8-9-23-15)17(22)16-13(19)2-1-3-14(16)20/h1-7,15H,8-10H2/t15-/m1/s1. The average Bonchev–Trinajstić information content (AvgIpc) is 2.55. The van der Waals surface area contributed by atoms with Gasteiger partial charge in [0.15, 0.2) is 0 Å². The Morgan fingerprint density at radius 1 is 1.13 bits per heavy atom. The summed E-state index contributed by atoms with van der Waals surface area (Å²) in [5.74, 6) is -2.38. The van der Waals surface area contributed by atoms with Crippen LogP contribution in [-0.4, -0.2) is 30.5 Å². The van der Waals surface area contributed by atoms with E-state index in [1.165, 1.54) is 11.0 Å². The van der Waals surface area contributed by atoms with E-state index in [1.54, 1.807) is 12.1 Å². The number of benzene rings is 2. The van der Waals surface area contributed by atoms with Crippen molar-refractivity contribution in [3.63, 3.8) is 0 Å². The van der Waals surface area contributed by atoms with Gasteiger partial charge in [0.1, 0.15) is 23.3 Å². The minimum Gasteiger partial charge on any atom is -0.370 e. The first-order chi connectivity index (χ1) is 11.1. The van der Waals surface area contributed by atoms with Crippen molar-refractivity contribution in [2.75, 3.05) is 19.7 Å². The Kier molecular flexibility index (Phi) is 4.59. The molecule has 0 spiro atoms. The molecule has 0 saturated carbocycles. The molecule has 0 N–H and O–H groups in total. The summed E-state index contributed by atoms with van der Waals surface area (Å²) in [4.78, 5) is 13.8. The predicted octanol–water partition coefficient (Wildman–Crippen LogP) is 3.83. The van der Waals surface area contributed by atoms with Crippen molar-refractivity contribution in [2.45, 2.75) is 6.10 Å². The summed E-state index contributed by atoms with van der Waals surface area (Å²) in [7, 11) is 0. The molecule has 1 fully saturated rings. The molecule has 2 aromatic rings. The summed E-state index contributed by atoms with van der Waals surface area (Å²) in [6.07, 6.45) is -0.347. The maximum absolute atomic E-state index is 13.8. The number of hydrogen-bond acceptors (Lipinski definition) is 2. The van der Waals surface area contributed by atoms with E-state index in [9.17, 15) is 13.6 Å². The lowest BCUT2D eigenvalue weighted by Crippen LogP contribution is -2.42. The number of ether oxygens (including phenoxy) is 1. The first-order valence-corrected chi connectivity index (χ1v) is 7.54. The van der Waals surface area contributed by atoms with Gasteiger partial charge in [0.25, 0.3) is 5.91 Å². The molecule has 1 heterocycles. The SMILES string of the molecule is O=C(c1c(F)cccc1F)N1CCO[C@@H](c2ccc(Cl)cc2)C1. The van der Waals surface area contributed by atoms with Crippen molar-refractivity contribution < 1.29 is 18.3 Å². The zero-order valence-electron chi connectivity index (χ0n) is 12.1. The van der Waals surface area contributed by atoms with Crippen LogP contribution in [0.4, 0.5) is 8.78 Å². The van der Waals surface area contributed by atoms with Gasteiger partial charge in [-0.1, -0.05) is 29.8 Å². The summed E-state index contributed by atoms with van der Waals surface area (Å²) >= 11 is 5.86. The fourth-order valence-electron chi connectivity index (χ4n) is 2.57. The number of morpholine rings is 1. The first kappa shape index (κ1) is 15.9. The van der Waals surface area contributed by atoms with Crippen LogP contribution in [0.1, 0.15) is 22.0 Å². The Hall–Kier alpha value is -1.98. The summed E-state index contributed by atoms with van der Waals surface area (Å²) in [6, 6.07) is 10.5. The summed E-state index contributed by atoms with van der Waals surface area (Å²) in [6.45, 7) is 0.819. The van der Waals surface area contributed by atoms with Crippen LogP contribution in [0.2, 0.25) is 5.02 Å². The third-order valence-corrected chi connectivity index (χ3v) is 4.02. The topological polar surface area (TPSA) is 29.5 Å². The number of carbonyl (C=O) groups is 1. The Balaban J connectivity index is 1.81. The maximum atomic E-state index is 13.8. The second kappa shape index (κ2) is 6.64. The summed E-state index contributed by atoms with van der Waals surface area (Å²) in [5, 5.41) is 0.603. The van der Waals surface area contributed by atoms with Gasteiger partial charge in [-0.25, -0.2) is 8.78 Å². The van der Waals surface area contributed by atoms with E-state index in [4.69, 9.17) is 16.3 Å². The fourth-order valence-corrected chi connectivity index (χ4v) is 2.70. The van der Waals surface area contributed by atoms with E-state index in [-0.39, 0.29) is 19.2 Å². The third kappa shape index (κ3) is 3.35. The molecule has 120 valence electrons. The van der Waals surface area contributed by atoms with Crippen LogP contribution in [0, 0.1) is 11.6 Å². The minimum atomic E-state index is -0.857. The lowest BCUT2D eigenvalue weighted by molar-refractivity contribution is -0.0231. The van der Waals surface area contributed by atoms with Crippen LogP contribution in [0.5, 0.6) is 0 Å². The van der Waals surface area contributed by atoms with Crippen molar-refractivity contribution >= 4 is 17.5 Å². The molecule has 1 aliphatic rings. The molecule has 0 aliphatic carbocycles. The molecule has 3 nitrogen and oxygen atoms in total. The first-order valence-electron chi connectivity index (χ1n) is 7.16. The normalized spacial score (nSPS) is 18.0. The van der Waals surface area contributed by atoms with E-state index in [2.05, 4.69) is 0 Å². The van der Waals surface area contributed by atoms with Crippen LogP contribution in [0.25, 0.3) is 0 Å². The molecule has 0 radical (unpaired) electrons. The fraction of sp³-hybridized carbons (Fsp3) is 0.235. The van der Waals surface area contributed by atoms with Gasteiger partial charge in [-0.2, -0.15) is 0 Å². The number of hydrogen-bond donors (Lipinski definition) is 0. The van der Waals surface area contributed by atoms with E-state index in [1.807, 2.05) is 12.1 Å².